The molecule has 3 N–H and O–H groups in total. The number of aromatic nitrogens is 2. The lowest BCUT2D eigenvalue weighted by Gasteiger charge is -2.16. The van der Waals surface area contributed by atoms with Crippen molar-refractivity contribution < 1.29 is 4.79 Å². The third kappa shape index (κ3) is 3.64. The van der Waals surface area contributed by atoms with E-state index in [9.17, 15) is 4.79 Å². The van der Waals surface area contributed by atoms with E-state index in [1.807, 2.05) is 24.4 Å². The monoisotopic (exact) mass is 413 g/mol. The minimum absolute atomic E-state index is 0.0849. The lowest BCUT2D eigenvalue weighted by Crippen LogP contribution is -2.28. The lowest BCUT2D eigenvalue weighted by molar-refractivity contribution is -0.121. The van der Waals surface area contributed by atoms with Gasteiger partial charge in [0.25, 0.3) is 0 Å². The molecule has 2 aromatic carbocycles. The molecule has 0 saturated carbocycles. The first-order valence-electron chi connectivity index (χ1n) is 10.2. The van der Waals surface area contributed by atoms with Crippen molar-refractivity contribution in [1.82, 2.24) is 15.3 Å². The predicted molar refractivity (Wildman–Crippen MR) is 124 cm³/mol. The molecule has 3 heterocycles. The Kier molecular flexibility index (Phi) is 5.11. The van der Waals surface area contributed by atoms with Crippen LogP contribution in [-0.4, -0.2) is 22.4 Å². The number of thiophene rings is 1. The van der Waals surface area contributed by atoms with Gasteiger partial charge in [0.15, 0.2) is 0 Å². The van der Waals surface area contributed by atoms with Crippen molar-refractivity contribution in [3.8, 4) is 0 Å². The standard InChI is InChI=1S/C25H23N3OS/c29-25(12-11-17-14-26-22-8-3-1-6-18(17)22)28-16-21(24-10-5-13-30-24)20-15-27-23-9-4-2-7-19(20)23/h1-10,13-15,21,26-27H,11-12,16H2,(H,28,29). The highest BCUT2D eigenvalue weighted by molar-refractivity contribution is 7.10. The molecular formula is C25H23N3OS. The van der Waals surface area contributed by atoms with E-state index in [0.717, 1.165) is 17.5 Å². The highest BCUT2D eigenvalue weighted by Gasteiger charge is 2.20. The first kappa shape index (κ1) is 18.7. The molecule has 1 unspecified atom stereocenters. The number of amides is 1. The minimum atomic E-state index is 0.0849. The molecule has 5 aromatic rings. The van der Waals surface area contributed by atoms with Crippen LogP contribution in [0.4, 0.5) is 0 Å². The quantitative estimate of drug-likeness (QED) is 0.320. The van der Waals surface area contributed by atoms with E-state index in [1.54, 1.807) is 11.3 Å². The van der Waals surface area contributed by atoms with Crippen molar-refractivity contribution in [3.63, 3.8) is 0 Å². The van der Waals surface area contributed by atoms with Gasteiger partial charge in [-0.05, 0) is 41.1 Å². The summed E-state index contributed by atoms with van der Waals surface area (Å²) in [6.07, 6.45) is 5.30. The van der Waals surface area contributed by atoms with E-state index in [4.69, 9.17) is 0 Å². The number of aryl methyl sites for hydroxylation is 1. The van der Waals surface area contributed by atoms with Gasteiger partial charge in [0.05, 0.1) is 0 Å². The van der Waals surface area contributed by atoms with Gasteiger partial charge in [0, 0.05) is 58.0 Å². The molecule has 1 atom stereocenters. The van der Waals surface area contributed by atoms with E-state index in [-0.39, 0.29) is 11.8 Å². The smallest absolute Gasteiger partial charge is 0.220 e. The van der Waals surface area contributed by atoms with E-state index < -0.39 is 0 Å². The topological polar surface area (TPSA) is 60.7 Å². The van der Waals surface area contributed by atoms with Crippen LogP contribution in [0.25, 0.3) is 21.8 Å². The van der Waals surface area contributed by atoms with Crippen molar-refractivity contribution in [3.05, 3.63) is 94.4 Å². The van der Waals surface area contributed by atoms with E-state index >= 15 is 0 Å². The van der Waals surface area contributed by atoms with Crippen LogP contribution in [0.1, 0.15) is 28.3 Å². The number of rotatable bonds is 7. The van der Waals surface area contributed by atoms with Gasteiger partial charge < -0.3 is 15.3 Å². The Labute approximate surface area is 179 Å². The average molecular weight is 414 g/mol. The van der Waals surface area contributed by atoms with Crippen LogP contribution in [0.2, 0.25) is 0 Å². The number of carbonyl (C=O) groups excluding carboxylic acids is 1. The van der Waals surface area contributed by atoms with Crippen LogP contribution in [0.5, 0.6) is 0 Å². The van der Waals surface area contributed by atoms with Gasteiger partial charge >= 0.3 is 0 Å². The van der Waals surface area contributed by atoms with Crippen LogP contribution >= 0.6 is 11.3 Å². The Morgan fingerprint density at radius 3 is 2.43 bits per heavy atom. The molecule has 0 bridgehead atoms. The Morgan fingerprint density at radius 2 is 1.63 bits per heavy atom. The number of hydrogen-bond donors (Lipinski definition) is 3. The molecule has 3 aromatic heterocycles. The van der Waals surface area contributed by atoms with Crippen molar-refractivity contribution >= 4 is 39.0 Å². The van der Waals surface area contributed by atoms with Crippen LogP contribution in [0, 0.1) is 0 Å². The molecule has 0 saturated heterocycles. The van der Waals surface area contributed by atoms with Crippen LogP contribution in [0.3, 0.4) is 0 Å². The summed E-state index contributed by atoms with van der Waals surface area (Å²) in [6, 6.07) is 20.8. The van der Waals surface area contributed by atoms with Crippen molar-refractivity contribution in [2.24, 2.45) is 0 Å². The van der Waals surface area contributed by atoms with Crippen molar-refractivity contribution in [1.29, 1.82) is 0 Å². The molecule has 4 nitrogen and oxygen atoms in total. The summed E-state index contributed by atoms with van der Waals surface area (Å²) < 4.78 is 0. The average Bonchev–Trinajstić information content (AvgIpc) is 3.53. The number of hydrogen-bond acceptors (Lipinski definition) is 2. The fraction of sp³-hybridized carbons (Fsp3) is 0.160. The summed E-state index contributed by atoms with van der Waals surface area (Å²) in [4.78, 5) is 20.6. The first-order chi connectivity index (χ1) is 14.8. The second-order valence-electron chi connectivity index (χ2n) is 7.52. The third-order valence-electron chi connectivity index (χ3n) is 5.68. The molecule has 0 radical (unpaired) electrons. The molecule has 5 heteroatoms. The summed E-state index contributed by atoms with van der Waals surface area (Å²) in [5.41, 5.74) is 4.65. The highest BCUT2D eigenvalue weighted by Crippen LogP contribution is 2.32. The number of nitrogens with one attached hydrogen (secondary N) is 3. The molecule has 0 spiro atoms. The Morgan fingerprint density at radius 1 is 0.900 bits per heavy atom. The Bertz CT molecular complexity index is 1280. The van der Waals surface area contributed by atoms with Gasteiger partial charge in [-0.2, -0.15) is 0 Å². The molecule has 5 rings (SSSR count). The maximum Gasteiger partial charge on any atom is 0.220 e. The zero-order valence-corrected chi connectivity index (χ0v) is 17.3. The maximum absolute atomic E-state index is 12.7. The molecule has 150 valence electrons. The largest absolute Gasteiger partial charge is 0.361 e. The molecular weight excluding hydrogens is 390 g/mol. The molecule has 1 amide bonds. The SMILES string of the molecule is O=C(CCc1c[nH]c2ccccc12)NCC(c1cccs1)c1c[nH]c2ccccc12. The molecule has 0 aliphatic heterocycles. The molecule has 0 fully saturated rings. The number of aromatic amines is 2. The number of benzene rings is 2. The summed E-state index contributed by atoms with van der Waals surface area (Å²) in [5, 5.41) is 7.68. The summed E-state index contributed by atoms with van der Waals surface area (Å²) in [6.45, 7) is 0.592. The van der Waals surface area contributed by atoms with Gasteiger partial charge in [0.2, 0.25) is 5.91 Å². The Balaban J connectivity index is 1.29. The first-order valence-corrected chi connectivity index (χ1v) is 11.1. The van der Waals surface area contributed by atoms with Gasteiger partial charge in [-0.25, -0.2) is 0 Å². The number of fused-ring (bicyclic) bond motifs is 2. The normalized spacial score (nSPS) is 12.4. The van der Waals surface area contributed by atoms with E-state index in [2.05, 4.69) is 69.3 Å². The number of para-hydroxylation sites is 2. The fourth-order valence-electron chi connectivity index (χ4n) is 4.13. The summed E-state index contributed by atoms with van der Waals surface area (Å²) in [5.74, 6) is 0.222. The van der Waals surface area contributed by atoms with Crippen LogP contribution in [0.15, 0.2) is 78.4 Å². The predicted octanol–water partition coefficient (Wildman–Crippen LogP) is 5.59. The van der Waals surface area contributed by atoms with E-state index in [0.29, 0.717) is 13.0 Å². The summed E-state index contributed by atoms with van der Waals surface area (Å²) >= 11 is 1.73. The second kappa shape index (κ2) is 8.20. The Hall–Kier alpha value is -3.31. The fourth-order valence-corrected chi connectivity index (χ4v) is 4.97. The van der Waals surface area contributed by atoms with E-state index in [1.165, 1.54) is 26.8 Å². The number of carbonyl (C=O) groups is 1. The summed E-state index contributed by atoms with van der Waals surface area (Å²) in [7, 11) is 0. The van der Waals surface area contributed by atoms with Crippen LogP contribution in [-0.2, 0) is 11.2 Å². The molecule has 30 heavy (non-hydrogen) atoms. The lowest BCUT2D eigenvalue weighted by atomic mass is 9.96. The van der Waals surface area contributed by atoms with Gasteiger partial charge in [-0.15, -0.1) is 11.3 Å². The molecule has 0 aliphatic carbocycles. The maximum atomic E-state index is 12.7. The zero-order chi connectivity index (χ0) is 20.3. The molecule has 0 aliphatic rings. The minimum Gasteiger partial charge on any atom is -0.361 e. The van der Waals surface area contributed by atoms with Crippen molar-refractivity contribution in [2.75, 3.05) is 6.54 Å². The second-order valence-corrected chi connectivity index (χ2v) is 8.50. The van der Waals surface area contributed by atoms with Gasteiger partial charge in [-0.3, -0.25) is 4.79 Å². The van der Waals surface area contributed by atoms with Gasteiger partial charge in [0.1, 0.15) is 0 Å². The zero-order valence-electron chi connectivity index (χ0n) is 16.5. The van der Waals surface area contributed by atoms with Crippen LogP contribution < -0.4 is 5.32 Å². The highest BCUT2D eigenvalue weighted by atomic mass is 32.1. The van der Waals surface area contributed by atoms with Gasteiger partial charge in [-0.1, -0.05) is 42.5 Å². The third-order valence-corrected chi connectivity index (χ3v) is 6.67. The van der Waals surface area contributed by atoms with Crippen molar-refractivity contribution in [2.45, 2.75) is 18.8 Å². The number of H-pyrrole nitrogens is 2.